The van der Waals surface area contributed by atoms with Gasteiger partial charge in [-0.05, 0) is 68.5 Å². The van der Waals surface area contributed by atoms with E-state index in [-0.39, 0.29) is 17.4 Å². The van der Waals surface area contributed by atoms with E-state index in [1.807, 2.05) is 23.8 Å². The van der Waals surface area contributed by atoms with Gasteiger partial charge in [0.25, 0.3) is 5.91 Å². The van der Waals surface area contributed by atoms with Crippen LogP contribution in [0.1, 0.15) is 47.7 Å². The molecule has 1 aliphatic rings. The van der Waals surface area contributed by atoms with E-state index in [9.17, 15) is 18.4 Å². The Labute approximate surface area is 212 Å². The summed E-state index contributed by atoms with van der Waals surface area (Å²) >= 11 is 13.2. The zero-order valence-corrected chi connectivity index (χ0v) is 21.0. The quantitative estimate of drug-likeness (QED) is 0.345. The molecule has 1 saturated heterocycles. The number of carbonyl (C=O) groups is 2. The van der Waals surface area contributed by atoms with Crippen molar-refractivity contribution in [2.75, 3.05) is 13.1 Å². The van der Waals surface area contributed by atoms with Crippen molar-refractivity contribution < 1.29 is 23.1 Å². The fourth-order valence-corrected chi connectivity index (χ4v) is 5.41. The molecule has 0 saturated carbocycles. The minimum Gasteiger partial charge on any atom is -0.435 e. The summed E-state index contributed by atoms with van der Waals surface area (Å²) in [6, 6.07) is 8.24. The molecule has 2 aromatic carbocycles. The van der Waals surface area contributed by atoms with Gasteiger partial charge >= 0.3 is 6.61 Å². The van der Waals surface area contributed by atoms with Gasteiger partial charge in [-0.25, -0.2) is 0 Å². The highest BCUT2D eigenvalue weighted by molar-refractivity contribution is 6.38. The maximum absolute atomic E-state index is 13.3. The van der Waals surface area contributed by atoms with Crippen molar-refractivity contribution in [3.8, 4) is 5.75 Å². The summed E-state index contributed by atoms with van der Waals surface area (Å²) in [5, 5.41) is 1.47. The van der Waals surface area contributed by atoms with Crippen LogP contribution in [0.2, 0.25) is 10.0 Å². The van der Waals surface area contributed by atoms with Gasteiger partial charge in [-0.1, -0.05) is 23.2 Å². The number of ketones is 1. The molecule has 0 aliphatic carbocycles. The van der Waals surface area contributed by atoms with E-state index >= 15 is 0 Å². The lowest BCUT2D eigenvalue weighted by Crippen LogP contribution is -2.39. The number of halogens is 4. The van der Waals surface area contributed by atoms with Crippen LogP contribution in [0.3, 0.4) is 0 Å². The van der Waals surface area contributed by atoms with Crippen molar-refractivity contribution in [3.05, 3.63) is 63.3 Å². The zero-order chi connectivity index (χ0) is 25.3. The molecular formula is C26H26Cl2F2N2O3. The summed E-state index contributed by atoms with van der Waals surface area (Å²) < 4.78 is 31.8. The van der Waals surface area contributed by atoms with Crippen LogP contribution in [0.5, 0.6) is 5.75 Å². The predicted octanol–water partition coefficient (Wildman–Crippen LogP) is 6.74. The van der Waals surface area contributed by atoms with Gasteiger partial charge in [-0.3, -0.25) is 4.79 Å². The second-order valence-corrected chi connectivity index (χ2v) is 9.81. The molecule has 0 radical (unpaired) electrons. The first-order chi connectivity index (χ1) is 16.6. The number of amides is 1. The number of fused-ring (bicyclic) bond motifs is 1. The number of carbonyl (C=O) groups excluding carboxylic acids is 2. The third kappa shape index (κ3) is 5.62. The molecule has 186 valence electrons. The van der Waals surface area contributed by atoms with Crippen LogP contribution in [0, 0.1) is 12.8 Å². The number of benzene rings is 2. The maximum Gasteiger partial charge on any atom is 0.387 e. The minimum atomic E-state index is -2.90. The van der Waals surface area contributed by atoms with Gasteiger partial charge in [0, 0.05) is 41.7 Å². The monoisotopic (exact) mass is 522 g/mol. The number of nitrogens with zero attached hydrogens (tertiary/aromatic N) is 2. The number of hydrogen-bond donors (Lipinski definition) is 0. The Morgan fingerprint density at radius 3 is 2.51 bits per heavy atom. The molecule has 1 aromatic heterocycles. The number of aromatic nitrogens is 1. The van der Waals surface area contributed by atoms with Crippen LogP contribution in [0.25, 0.3) is 10.9 Å². The molecule has 1 fully saturated rings. The SMILES string of the molecule is CC(=O)CC1CCN(C(=O)c2ccc(Cl)c(Cn3ccc4cc(OC(F)F)cc(C)c43)c2Cl)CC1. The fourth-order valence-electron chi connectivity index (χ4n) is 4.83. The van der Waals surface area contributed by atoms with Gasteiger partial charge in [0.1, 0.15) is 11.5 Å². The van der Waals surface area contributed by atoms with E-state index in [0.717, 1.165) is 29.3 Å². The predicted molar refractivity (Wildman–Crippen MR) is 133 cm³/mol. The van der Waals surface area contributed by atoms with Gasteiger partial charge < -0.3 is 19.0 Å². The van der Waals surface area contributed by atoms with Crippen molar-refractivity contribution in [1.82, 2.24) is 9.47 Å². The van der Waals surface area contributed by atoms with Crippen molar-refractivity contribution in [2.45, 2.75) is 46.3 Å². The number of hydrogen-bond acceptors (Lipinski definition) is 3. The molecule has 35 heavy (non-hydrogen) atoms. The zero-order valence-electron chi connectivity index (χ0n) is 19.5. The molecule has 2 heterocycles. The van der Waals surface area contributed by atoms with E-state index in [1.54, 1.807) is 36.1 Å². The standard InChI is InChI=1S/C26H26Cl2F2N2O3/c1-15-11-19(35-26(29)30)13-18-7-10-32(24(15)18)14-21-22(27)4-3-20(23(21)28)25(34)31-8-5-17(6-9-31)12-16(2)33/h3-4,7,10-11,13,17,26H,5-6,8-9,12,14H2,1-2H3. The number of likely N-dealkylation sites (tertiary alicyclic amines) is 1. The second-order valence-electron chi connectivity index (χ2n) is 9.03. The molecule has 5 nitrogen and oxygen atoms in total. The highest BCUT2D eigenvalue weighted by Gasteiger charge is 2.27. The number of piperidine rings is 1. The number of ether oxygens (including phenoxy) is 1. The van der Waals surface area contributed by atoms with E-state index in [0.29, 0.717) is 53.1 Å². The Hall–Kier alpha value is -2.64. The second kappa shape index (κ2) is 10.5. The van der Waals surface area contributed by atoms with Crippen LogP contribution >= 0.6 is 23.2 Å². The highest BCUT2D eigenvalue weighted by atomic mass is 35.5. The maximum atomic E-state index is 13.3. The Morgan fingerprint density at radius 1 is 1.14 bits per heavy atom. The summed E-state index contributed by atoms with van der Waals surface area (Å²) in [4.78, 5) is 26.4. The lowest BCUT2D eigenvalue weighted by atomic mass is 9.91. The lowest BCUT2D eigenvalue weighted by molar-refractivity contribution is -0.118. The smallest absolute Gasteiger partial charge is 0.387 e. The van der Waals surface area contributed by atoms with E-state index in [4.69, 9.17) is 23.2 Å². The molecule has 0 atom stereocenters. The Morgan fingerprint density at radius 2 is 1.86 bits per heavy atom. The lowest BCUT2D eigenvalue weighted by Gasteiger charge is -2.32. The summed E-state index contributed by atoms with van der Waals surface area (Å²) in [5.41, 5.74) is 2.59. The number of alkyl halides is 2. The normalized spacial score (nSPS) is 14.7. The van der Waals surface area contributed by atoms with Gasteiger partial charge in [-0.2, -0.15) is 8.78 Å². The first-order valence-corrected chi connectivity index (χ1v) is 12.2. The molecule has 1 aliphatic heterocycles. The van der Waals surface area contributed by atoms with Gasteiger partial charge in [0.15, 0.2) is 0 Å². The number of Topliss-reactive ketones (excluding diaryl/α,β-unsaturated/α-hetero) is 1. The van der Waals surface area contributed by atoms with E-state index in [1.165, 1.54) is 0 Å². The summed E-state index contributed by atoms with van der Waals surface area (Å²) in [6.07, 6.45) is 3.95. The highest BCUT2D eigenvalue weighted by Crippen LogP contribution is 2.33. The topological polar surface area (TPSA) is 51.5 Å². The van der Waals surface area contributed by atoms with Crippen LogP contribution in [0.15, 0.2) is 36.5 Å². The minimum absolute atomic E-state index is 0.0958. The van der Waals surface area contributed by atoms with Gasteiger partial charge in [-0.15, -0.1) is 0 Å². The van der Waals surface area contributed by atoms with Crippen LogP contribution in [0.4, 0.5) is 8.78 Å². The third-order valence-electron chi connectivity index (χ3n) is 6.47. The average Bonchev–Trinajstić information content (AvgIpc) is 3.19. The van der Waals surface area contributed by atoms with Crippen molar-refractivity contribution >= 4 is 45.8 Å². The van der Waals surface area contributed by atoms with Crippen LogP contribution in [-0.2, 0) is 11.3 Å². The third-order valence-corrected chi connectivity index (χ3v) is 7.26. The summed E-state index contributed by atoms with van der Waals surface area (Å²) in [6.45, 7) is 1.98. The van der Waals surface area contributed by atoms with Crippen LogP contribution in [-0.4, -0.2) is 40.9 Å². The van der Waals surface area contributed by atoms with Crippen molar-refractivity contribution in [3.63, 3.8) is 0 Å². The molecular weight excluding hydrogens is 497 g/mol. The van der Waals surface area contributed by atoms with E-state index in [2.05, 4.69) is 4.74 Å². The number of aryl methyl sites for hydroxylation is 1. The van der Waals surface area contributed by atoms with Crippen LogP contribution < -0.4 is 4.74 Å². The molecule has 0 spiro atoms. The fraction of sp³-hybridized carbons (Fsp3) is 0.385. The van der Waals surface area contributed by atoms with Gasteiger partial charge in [0.05, 0.1) is 22.6 Å². The molecule has 0 unspecified atom stereocenters. The molecule has 0 N–H and O–H groups in total. The average molecular weight is 523 g/mol. The Kier molecular flexibility index (Phi) is 7.67. The molecule has 4 rings (SSSR count). The first-order valence-electron chi connectivity index (χ1n) is 11.4. The van der Waals surface area contributed by atoms with Crippen molar-refractivity contribution in [2.24, 2.45) is 5.92 Å². The molecule has 0 bridgehead atoms. The Balaban J connectivity index is 1.58. The largest absolute Gasteiger partial charge is 0.435 e. The molecule has 9 heteroatoms. The van der Waals surface area contributed by atoms with Gasteiger partial charge in [0.2, 0.25) is 0 Å². The number of rotatable bonds is 7. The molecule has 3 aromatic rings. The van der Waals surface area contributed by atoms with Crippen molar-refractivity contribution in [1.29, 1.82) is 0 Å². The summed E-state index contributed by atoms with van der Waals surface area (Å²) in [5.74, 6) is 0.422. The van der Waals surface area contributed by atoms with E-state index < -0.39 is 6.61 Å². The molecule has 1 amide bonds. The summed E-state index contributed by atoms with van der Waals surface area (Å²) in [7, 11) is 0. The first kappa shape index (κ1) is 25.5. The Bertz CT molecular complexity index is 1270.